The molecule has 5 nitrogen and oxygen atoms in total. The number of nitrogens with one attached hydrogen (secondary N) is 2. The lowest BCUT2D eigenvalue weighted by atomic mass is 10.2. The Morgan fingerprint density at radius 2 is 2.17 bits per heavy atom. The van der Waals surface area contributed by atoms with Gasteiger partial charge >= 0.3 is 0 Å². The number of benzene rings is 1. The van der Waals surface area contributed by atoms with Gasteiger partial charge in [-0.05, 0) is 44.1 Å². The number of aromatic amines is 1. The van der Waals surface area contributed by atoms with Crippen molar-refractivity contribution in [1.82, 2.24) is 9.97 Å². The summed E-state index contributed by atoms with van der Waals surface area (Å²) in [5, 5.41) is 3.31. The van der Waals surface area contributed by atoms with Crippen molar-refractivity contribution in [2.75, 3.05) is 18.5 Å². The van der Waals surface area contributed by atoms with Crippen LogP contribution in [-0.2, 0) is 0 Å². The molecule has 0 amide bonds. The molecule has 128 valence electrons. The molecule has 2 rings (SSSR count). The van der Waals surface area contributed by atoms with E-state index >= 15 is 0 Å². The second-order valence-corrected chi connectivity index (χ2v) is 6.02. The largest absolute Gasteiger partial charge is 0.482 e. The van der Waals surface area contributed by atoms with E-state index in [0.29, 0.717) is 17.1 Å². The molecule has 1 aromatic carbocycles. The number of H-pyrrole nitrogens is 1. The number of hydrogen-bond acceptors (Lipinski definition) is 5. The number of unbranched alkanes of at least 4 members (excludes halogenated alkanes) is 1. The van der Waals surface area contributed by atoms with Gasteiger partial charge in [0.1, 0.15) is 12.4 Å². The van der Waals surface area contributed by atoms with Gasteiger partial charge in [-0.25, -0.2) is 4.98 Å². The summed E-state index contributed by atoms with van der Waals surface area (Å²) in [6, 6.07) is 8.03. The minimum absolute atomic E-state index is 0.392. The van der Waals surface area contributed by atoms with E-state index in [4.69, 9.17) is 17.0 Å². The number of ether oxygens (including phenoxy) is 1. The van der Waals surface area contributed by atoms with Gasteiger partial charge in [0.15, 0.2) is 10.5 Å². The Bertz CT molecular complexity index is 755. The highest BCUT2D eigenvalue weighted by atomic mass is 32.1. The molecule has 0 aliphatic carbocycles. The van der Waals surface area contributed by atoms with Crippen LogP contribution in [0.4, 0.5) is 11.5 Å². The molecule has 6 heteroatoms. The van der Waals surface area contributed by atoms with Gasteiger partial charge in [0.2, 0.25) is 0 Å². The number of para-hydroxylation sites is 1. The van der Waals surface area contributed by atoms with Gasteiger partial charge in [0.05, 0.1) is 17.6 Å². The monoisotopic (exact) mass is 344 g/mol. The quantitative estimate of drug-likeness (QED) is 0.409. The maximum absolute atomic E-state index is 5.86. The standard InChI is InChI=1S/C18H24N4OS/c1-4-5-10-19-17-16(11-20-18(24)22-17)23-12-14(3)21-15-9-7-6-8-13(15)2/h6-9,11H,4-5,10,12H2,1-3H3,(H2,19,20,22,24). The van der Waals surface area contributed by atoms with Gasteiger partial charge in [0.25, 0.3) is 0 Å². The molecule has 24 heavy (non-hydrogen) atoms. The third kappa shape index (κ3) is 5.45. The van der Waals surface area contributed by atoms with Crippen molar-refractivity contribution < 1.29 is 4.74 Å². The average Bonchev–Trinajstić information content (AvgIpc) is 2.56. The fourth-order valence-electron chi connectivity index (χ4n) is 2.12. The Kier molecular flexibility index (Phi) is 6.93. The molecule has 2 N–H and O–H groups in total. The zero-order valence-electron chi connectivity index (χ0n) is 14.4. The first-order valence-electron chi connectivity index (χ1n) is 8.16. The smallest absolute Gasteiger partial charge is 0.198 e. The third-order valence-corrected chi connectivity index (χ3v) is 3.68. The van der Waals surface area contributed by atoms with Crippen LogP contribution in [0, 0.1) is 11.7 Å². The Morgan fingerprint density at radius 3 is 2.92 bits per heavy atom. The van der Waals surface area contributed by atoms with Crippen molar-refractivity contribution in [3.63, 3.8) is 0 Å². The van der Waals surface area contributed by atoms with Crippen LogP contribution in [0.5, 0.6) is 5.75 Å². The van der Waals surface area contributed by atoms with E-state index in [1.54, 1.807) is 6.20 Å². The van der Waals surface area contributed by atoms with Crippen molar-refractivity contribution in [2.24, 2.45) is 4.99 Å². The van der Waals surface area contributed by atoms with Crippen LogP contribution in [0.15, 0.2) is 35.5 Å². The zero-order chi connectivity index (χ0) is 17.4. The van der Waals surface area contributed by atoms with E-state index in [9.17, 15) is 0 Å². The van der Waals surface area contributed by atoms with Crippen molar-refractivity contribution in [2.45, 2.75) is 33.6 Å². The summed E-state index contributed by atoms with van der Waals surface area (Å²) in [5.41, 5.74) is 3.00. The van der Waals surface area contributed by atoms with Crippen LogP contribution in [-0.4, -0.2) is 28.8 Å². The molecule has 1 aromatic heterocycles. The summed E-state index contributed by atoms with van der Waals surface area (Å²) >= 11 is 5.09. The molecule has 0 unspecified atom stereocenters. The van der Waals surface area contributed by atoms with Crippen molar-refractivity contribution in [3.8, 4) is 5.75 Å². The molecule has 0 aliphatic rings. The summed E-state index contributed by atoms with van der Waals surface area (Å²) in [4.78, 5) is 11.8. The number of aliphatic imine (C=N–C) groups is 1. The van der Waals surface area contributed by atoms with Crippen molar-refractivity contribution in [3.05, 3.63) is 40.8 Å². The van der Waals surface area contributed by atoms with Crippen LogP contribution < -0.4 is 10.1 Å². The SMILES string of the molecule is CCCCNc1[nH]c(=S)ncc1OCC(C)=Nc1ccccc1C. The van der Waals surface area contributed by atoms with E-state index in [2.05, 4.69) is 27.2 Å². The Hall–Kier alpha value is -2.21. The first kappa shape index (κ1) is 18.1. The lowest BCUT2D eigenvalue weighted by molar-refractivity contribution is 0.374. The topological polar surface area (TPSA) is 62.3 Å². The molecule has 1 heterocycles. The molecular formula is C18H24N4OS. The van der Waals surface area contributed by atoms with E-state index in [0.717, 1.165) is 42.2 Å². The summed E-state index contributed by atoms with van der Waals surface area (Å²) in [6.07, 6.45) is 3.85. The number of aryl methyl sites for hydroxylation is 1. The van der Waals surface area contributed by atoms with Crippen LogP contribution in [0.25, 0.3) is 0 Å². The van der Waals surface area contributed by atoms with Crippen molar-refractivity contribution in [1.29, 1.82) is 0 Å². The van der Waals surface area contributed by atoms with E-state index in [1.807, 2.05) is 38.1 Å². The minimum atomic E-state index is 0.392. The number of anilines is 1. The summed E-state index contributed by atoms with van der Waals surface area (Å²) in [6.45, 7) is 7.40. The number of hydrogen-bond donors (Lipinski definition) is 2. The molecule has 0 radical (unpaired) electrons. The Labute approximate surface area is 148 Å². The Morgan fingerprint density at radius 1 is 1.38 bits per heavy atom. The van der Waals surface area contributed by atoms with Gasteiger partial charge in [-0.3, -0.25) is 4.99 Å². The predicted octanol–water partition coefficient (Wildman–Crippen LogP) is 4.83. The Balaban J connectivity index is 2.05. The summed E-state index contributed by atoms with van der Waals surface area (Å²) < 4.78 is 6.30. The number of aromatic nitrogens is 2. The number of rotatable bonds is 8. The predicted molar refractivity (Wildman–Crippen MR) is 102 cm³/mol. The van der Waals surface area contributed by atoms with Crippen LogP contribution in [0.1, 0.15) is 32.3 Å². The molecule has 0 fully saturated rings. The van der Waals surface area contributed by atoms with Crippen molar-refractivity contribution >= 4 is 29.4 Å². The highest BCUT2D eigenvalue weighted by Crippen LogP contribution is 2.21. The molecule has 0 saturated carbocycles. The normalized spacial score (nSPS) is 11.4. The van der Waals surface area contributed by atoms with E-state index in [1.165, 1.54) is 0 Å². The van der Waals surface area contributed by atoms with Gasteiger partial charge in [-0.2, -0.15) is 0 Å². The van der Waals surface area contributed by atoms with Crippen LogP contribution in [0.2, 0.25) is 0 Å². The molecule has 0 atom stereocenters. The molecule has 0 saturated heterocycles. The first-order valence-corrected chi connectivity index (χ1v) is 8.56. The van der Waals surface area contributed by atoms with Crippen LogP contribution >= 0.6 is 12.2 Å². The average molecular weight is 344 g/mol. The fraction of sp³-hybridized carbons (Fsp3) is 0.389. The molecule has 0 aliphatic heterocycles. The maximum atomic E-state index is 5.86. The maximum Gasteiger partial charge on any atom is 0.198 e. The van der Waals surface area contributed by atoms with Gasteiger partial charge < -0.3 is 15.0 Å². The second-order valence-electron chi connectivity index (χ2n) is 5.63. The van der Waals surface area contributed by atoms with E-state index in [-0.39, 0.29) is 0 Å². The number of nitrogens with zero attached hydrogens (tertiary/aromatic N) is 2. The highest BCUT2D eigenvalue weighted by molar-refractivity contribution is 7.71. The van der Waals surface area contributed by atoms with Gasteiger partial charge in [-0.15, -0.1) is 0 Å². The minimum Gasteiger partial charge on any atom is -0.482 e. The molecule has 0 bridgehead atoms. The molecule has 2 aromatic rings. The zero-order valence-corrected chi connectivity index (χ0v) is 15.2. The summed E-state index contributed by atoms with van der Waals surface area (Å²) in [5.74, 6) is 1.42. The second kappa shape index (κ2) is 9.17. The molecule has 0 spiro atoms. The van der Waals surface area contributed by atoms with Gasteiger partial charge in [0, 0.05) is 6.54 Å². The fourth-order valence-corrected chi connectivity index (χ4v) is 2.28. The highest BCUT2D eigenvalue weighted by Gasteiger charge is 2.06. The van der Waals surface area contributed by atoms with Crippen LogP contribution in [0.3, 0.4) is 0 Å². The third-order valence-electron chi connectivity index (χ3n) is 3.47. The first-order chi connectivity index (χ1) is 11.6. The summed E-state index contributed by atoms with van der Waals surface area (Å²) in [7, 11) is 0. The molecular weight excluding hydrogens is 320 g/mol. The van der Waals surface area contributed by atoms with E-state index < -0.39 is 0 Å². The van der Waals surface area contributed by atoms with Gasteiger partial charge in [-0.1, -0.05) is 31.5 Å². The lowest BCUT2D eigenvalue weighted by Gasteiger charge is -2.12. The lowest BCUT2D eigenvalue weighted by Crippen LogP contribution is -2.11.